The van der Waals surface area contributed by atoms with Crippen molar-refractivity contribution >= 4 is 5.82 Å². The van der Waals surface area contributed by atoms with Gasteiger partial charge in [0, 0.05) is 18.7 Å². The van der Waals surface area contributed by atoms with Crippen LogP contribution in [0.1, 0.15) is 22.4 Å². The monoisotopic (exact) mass is 257 g/mol. The van der Waals surface area contributed by atoms with Gasteiger partial charge in [0.25, 0.3) is 0 Å². The zero-order chi connectivity index (χ0) is 14.0. The van der Waals surface area contributed by atoms with Crippen LogP contribution < -0.4 is 5.73 Å². The van der Waals surface area contributed by atoms with Crippen LogP contribution in [-0.4, -0.2) is 17.1 Å². The van der Waals surface area contributed by atoms with Gasteiger partial charge < -0.3 is 10.5 Å². The van der Waals surface area contributed by atoms with Crippen LogP contribution in [0, 0.1) is 20.8 Å². The summed E-state index contributed by atoms with van der Waals surface area (Å²) in [5.74, 6) is 1.13. The zero-order valence-electron chi connectivity index (χ0n) is 11.8. The second kappa shape index (κ2) is 5.36. The van der Waals surface area contributed by atoms with E-state index in [4.69, 9.17) is 10.5 Å². The molecule has 2 N–H and O–H groups in total. The lowest BCUT2D eigenvalue weighted by Crippen LogP contribution is -2.02. The van der Waals surface area contributed by atoms with E-state index in [1.165, 1.54) is 11.1 Å². The maximum Gasteiger partial charge on any atom is 0.162 e. The largest absolute Gasteiger partial charge is 0.384 e. The molecule has 100 valence electrons. The lowest BCUT2D eigenvalue weighted by Gasteiger charge is -2.10. The summed E-state index contributed by atoms with van der Waals surface area (Å²) in [5.41, 5.74) is 11.3. The van der Waals surface area contributed by atoms with Crippen molar-refractivity contribution in [3.05, 3.63) is 40.6 Å². The van der Waals surface area contributed by atoms with E-state index >= 15 is 0 Å². The molecule has 0 saturated heterocycles. The number of ether oxygens (including phenoxy) is 1. The molecule has 2 aromatic rings. The number of nitrogens with two attached hydrogens (primary N) is 1. The third kappa shape index (κ3) is 2.90. The van der Waals surface area contributed by atoms with Crippen molar-refractivity contribution in [3.8, 4) is 11.4 Å². The number of anilines is 1. The lowest BCUT2D eigenvalue weighted by molar-refractivity contribution is 0.181. The number of rotatable bonds is 3. The summed E-state index contributed by atoms with van der Waals surface area (Å²) in [6, 6.07) is 5.99. The quantitative estimate of drug-likeness (QED) is 0.918. The topological polar surface area (TPSA) is 61.0 Å². The summed E-state index contributed by atoms with van der Waals surface area (Å²) in [6.07, 6.45) is 0. The van der Waals surface area contributed by atoms with E-state index in [0.29, 0.717) is 18.2 Å². The zero-order valence-corrected chi connectivity index (χ0v) is 11.8. The summed E-state index contributed by atoms with van der Waals surface area (Å²) in [6.45, 7) is 6.68. The van der Waals surface area contributed by atoms with Gasteiger partial charge in [-0.2, -0.15) is 0 Å². The third-order valence-electron chi connectivity index (χ3n) is 3.17. The van der Waals surface area contributed by atoms with Gasteiger partial charge in [-0.25, -0.2) is 9.97 Å². The number of benzene rings is 1. The second-order valence-corrected chi connectivity index (χ2v) is 4.79. The van der Waals surface area contributed by atoms with E-state index in [1.807, 2.05) is 0 Å². The Bertz CT molecular complexity index is 609. The molecule has 2 rings (SSSR count). The van der Waals surface area contributed by atoms with Crippen molar-refractivity contribution in [2.45, 2.75) is 27.4 Å². The fourth-order valence-corrected chi connectivity index (χ4v) is 2.06. The Morgan fingerprint density at radius 3 is 2.37 bits per heavy atom. The Labute approximate surface area is 113 Å². The number of nitrogens with zero attached hydrogens (tertiary/aromatic N) is 2. The molecule has 0 amide bonds. The predicted octanol–water partition coefficient (Wildman–Crippen LogP) is 2.80. The molecule has 4 heteroatoms. The predicted molar refractivity (Wildman–Crippen MR) is 76.8 cm³/mol. The molecule has 0 atom stereocenters. The SMILES string of the molecule is COCc1cc(N)nc(-c2cc(C)c(C)cc2C)n1. The Kier molecular flexibility index (Phi) is 3.81. The van der Waals surface area contributed by atoms with E-state index in [1.54, 1.807) is 13.2 Å². The van der Waals surface area contributed by atoms with Gasteiger partial charge in [-0.3, -0.25) is 0 Å². The Morgan fingerprint density at radius 2 is 1.68 bits per heavy atom. The normalized spacial score (nSPS) is 10.7. The van der Waals surface area contributed by atoms with Crippen LogP contribution in [0.5, 0.6) is 0 Å². The molecule has 0 fully saturated rings. The molecule has 19 heavy (non-hydrogen) atoms. The fraction of sp³-hybridized carbons (Fsp3) is 0.333. The Hall–Kier alpha value is -1.94. The first-order valence-corrected chi connectivity index (χ1v) is 6.22. The molecule has 0 aliphatic rings. The first-order chi connectivity index (χ1) is 9.01. The second-order valence-electron chi connectivity index (χ2n) is 4.79. The smallest absolute Gasteiger partial charge is 0.162 e. The number of aromatic nitrogens is 2. The average Bonchev–Trinajstić information content (AvgIpc) is 2.33. The molecule has 0 aliphatic heterocycles. The van der Waals surface area contributed by atoms with E-state index in [-0.39, 0.29) is 0 Å². The summed E-state index contributed by atoms with van der Waals surface area (Å²) in [7, 11) is 1.64. The van der Waals surface area contributed by atoms with E-state index in [9.17, 15) is 0 Å². The third-order valence-corrected chi connectivity index (χ3v) is 3.17. The number of hydrogen-bond acceptors (Lipinski definition) is 4. The molecule has 1 aromatic heterocycles. The van der Waals surface area contributed by atoms with Crippen LogP contribution in [0.4, 0.5) is 5.82 Å². The van der Waals surface area contributed by atoms with Gasteiger partial charge in [0.2, 0.25) is 0 Å². The fourth-order valence-electron chi connectivity index (χ4n) is 2.06. The van der Waals surface area contributed by atoms with Crippen LogP contribution in [0.25, 0.3) is 11.4 Å². The van der Waals surface area contributed by atoms with E-state index in [0.717, 1.165) is 16.8 Å². The number of hydrogen-bond donors (Lipinski definition) is 1. The highest BCUT2D eigenvalue weighted by atomic mass is 16.5. The van der Waals surface area contributed by atoms with Crippen molar-refractivity contribution in [2.75, 3.05) is 12.8 Å². The average molecular weight is 257 g/mol. The molecule has 0 saturated carbocycles. The van der Waals surface area contributed by atoms with Crippen molar-refractivity contribution in [1.82, 2.24) is 9.97 Å². The van der Waals surface area contributed by atoms with E-state index < -0.39 is 0 Å². The van der Waals surface area contributed by atoms with Crippen molar-refractivity contribution in [2.24, 2.45) is 0 Å². The minimum absolute atomic E-state index is 0.434. The molecular weight excluding hydrogens is 238 g/mol. The maximum absolute atomic E-state index is 5.84. The van der Waals surface area contributed by atoms with Gasteiger partial charge in [-0.05, 0) is 43.5 Å². The number of nitrogen functional groups attached to an aromatic ring is 1. The minimum atomic E-state index is 0.434. The van der Waals surface area contributed by atoms with Gasteiger partial charge in [0.15, 0.2) is 5.82 Å². The van der Waals surface area contributed by atoms with Gasteiger partial charge >= 0.3 is 0 Å². The molecule has 1 heterocycles. The molecule has 1 aromatic carbocycles. The summed E-state index contributed by atoms with van der Waals surface area (Å²) < 4.78 is 5.10. The molecule has 0 aliphatic carbocycles. The molecule has 0 unspecified atom stereocenters. The molecule has 0 bridgehead atoms. The van der Waals surface area contributed by atoms with Gasteiger partial charge in [0.05, 0.1) is 12.3 Å². The summed E-state index contributed by atoms with van der Waals surface area (Å²) >= 11 is 0. The summed E-state index contributed by atoms with van der Waals surface area (Å²) in [4.78, 5) is 8.84. The van der Waals surface area contributed by atoms with Crippen molar-refractivity contribution < 1.29 is 4.74 Å². The van der Waals surface area contributed by atoms with Crippen LogP contribution in [0.15, 0.2) is 18.2 Å². The number of methoxy groups -OCH3 is 1. The van der Waals surface area contributed by atoms with Crippen molar-refractivity contribution in [3.63, 3.8) is 0 Å². The summed E-state index contributed by atoms with van der Waals surface area (Å²) in [5, 5.41) is 0. The van der Waals surface area contributed by atoms with Gasteiger partial charge in [-0.1, -0.05) is 6.07 Å². The number of aryl methyl sites for hydroxylation is 3. The van der Waals surface area contributed by atoms with Crippen LogP contribution >= 0.6 is 0 Å². The lowest BCUT2D eigenvalue weighted by atomic mass is 10.0. The standard InChI is InChI=1S/C15H19N3O/c1-9-5-11(3)13(6-10(9)2)15-17-12(8-19-4)7-14(16)18-15/h5-7H,8H2,1-4H3,(H2,16,17,18). The molecule has 0 radical (unpaired) electrons. The molecule has 4 nitrogen and oxygen atoms in total. The first kappa shape index (κ1) is 13.5. The van der Waals surface area contributed by atoms with Crippen LogP contribution in [0.2, 0.25) is 0 Å². The maximum atomic E-state index is 5.84. The Morgan fingerprint density at radius 1 is 1.00 bits per heavy atom. The van der Waals surface area contributed by atoms with E-state index in [2.05, 4.69) is 42.9 Å². The highest BCUT2D eigenvalue weighted by Crippen LogP contribution is 2.24. The highest BCUT2D eigenvalue weighted by molar-refractivity contribution is 5.63. The minimum Gasteiger partial charge on any atom is -0.384 e. The van der Waals surface area contributed by atoms with Crippen molar-refractivity contribution in [1.29, 1.82) is 0 Å². The van der Waals surface area contributed by atoms with Gasteiger partial charge in [0.1, 0.15) is 5.82 Å². The van der Waals surface area contributed by atoms with Crippen LogP contribution in [0.3, 0.4) is 0 Å². The Balaban J connectivity index is 2.55. The molecule has 0 spiro atoms. The van der Waals surface area contributed by atoms with Gasteiger partial charge in [-0.15, -0.1) is 0 Å². The first-order valence-electron chi connectivity index (χ1n) is 6.22. The highest BCUT2D eigenvalue weighted by Gasteiger charge is 2.09. The van der Waals surface area contributed by atoms with Crippen LogP contribution in [-0.2, 0) is 11.3 Å². The molecular formula is C15H19N3O.